The highest BCUT2D eigenvalue weighted by Crippen LogP contribution is 2.44. The summed E-state index contributed by atoms with van der Waals surface area (Å²) in [6, 6.07) is 0.0869. The molecular weight excluding hydrogens is 202 g/mol. The van der Waals surface area contributed by atoms with Gasteiger partial charge in [0.2, 0.25) is 5.91 Å². The van der Waals surface area contributed by atoms with Crippen LogP contribution in [0, 0.1) is 11.3 Å². The van der Waals surface area contributed by atoms with Gasteiger partial charge in [-0.25, -0.2) is 0 Å². The summed E-state index contributed by atoms with van der Waals surface area (Å²) in [4.78, 5) is 14.4. The molecule has 16 heavy (non-hydrogen) atoms. The van der Waals surface area contributed by atoms with Crippen molar-refractivity contribution in [2.75, 3.05) is 13.2 Å². The number of nitrogens with zero attached hydrogens (tertiary/aromatic N) is 1. The molecular formula is C13H23NO2. The Morgan fingerprint density at radius 2 is 2.12 bits per heavy atom. The van der Waals surface area contributed by atoms with Gasteiger partial charge in [-0.1, -0.05) is 20.3 Å². The molecule has 2 atom stereocenters. The molecule has 1 aliphatic heterocycles. The monoisotopic (exact) mass is 225 g/mol. The van der Waals surface area contributed by atoms with E-state index < -0.39 is 0 Å². The molecule has 1 aliphatic carbocycles. The predicted molar refractivity (Wildman–Crippen MR) is 62.9 cm³/mol. The van der Waals surface area contributed by atoms with Crippen LogP contribution in [-0.4, -0.2) is 35.1 Å². The van der Waals surface area contributed by atoms with Crippen molar-refractivity contribution in [3.63, 3.8) is 0 Å². The minimum Gasteiger partial charge on any atom is -0.394 e. The molecule has 1 amide bonds. The molecule has 0 radical (unpaired) electrons. The van der Waals surface area contributed by atoms with Crippen molar-refractivity contribution in [3.05, 3.63) is 0 Å². The first-order valence-corrected chi connectivity index (χ1v) is 6.47. The molecule has 3 nitrogen and oxygen atoms in total. The first-order chi connectivity index (χ1) is 7.56. The zero-order valence-electron chi connectivity index (χ0n) is 10.4. The van der Waals surface area contributed by atoms with Crippen molar-refractivity contribution < 1.29 is 9.90 Å². The lowest BCUT2D eigenvalue weighted by Gasteiger charge is -2.32. The second kappa shape index (κ2) is 4.36. The van der Waals surface area contributed by atoms with Gasteiger partial charge < -0.3 is 10.0 Å². The van der Waals surface area contributed by atoms with E-state index in [2.05, 4.69) is 13.8 Å². The summed E-state index contributed by atoms with van der Waals surface area (Å²) in [6.07, 6.45) is 5.36. The maximum atomic E-state index is 12.4. The van der Waals surface area contributed by atoms with Gasteiger partial charge in [0, 0.05) is 12.5 Å². The van der Waals surface area contributed by atoms with E-state index in [-0.39, 0.29) is 24.0 Å². The molecule has 0 aromatic rings. The summed E-state index contributed by atoms with van der Waals surface area (Å²) in [6.45, 7) is 5.37. The molecule has 0 bridgehead atoms. The molecule has 92 valence electrons. The summed E-state index contributed by atoms with van der Waals surface area (Å²) in [5.74, 6) is 0.471. The Morgan fingerprint density at radius 3 is 2.69 bits per heavy atom. The molecule has 2 aliphatic rings. The minimum absolute atomic E-state index is 0.0869. The summed E-state index contributed by atoms with van der Waals surface area (Å²) >= 11 is 0. The van der Waals surface area contributed by atoms with E-state index >= 15 is 0 Å². The summed E-state index contributed by atoms with van der Waals surface area (Å²) in [5.41, 5.74) is 0.152. The second-order valence-electron chi connectivity index (χ2n) is 5.94. The molecule has 1 unspecified atom stereocenters. The van der Waals surface area contributed by atoms with E-state index in [0.29, 0.717) is 5.91 Å². The van der Waals surface area contributed by atoms with E-state index in [4.69, 9.17) is 0 Å². The third-order valence-corrected chi connectivity index (χ3v) is 4.43. The number of hydrogen-bond acceptors (Lipinski definition) is 2. The van der Waals surface area contributed by atoms with Crippen LogP contribution in [0.15, 0.2) is 0 Å². The molecule has 0 aromatic heterocycles. The van der Waals surface area contributed by atoms with Crippen molar-refractivity contribution in [2.45, 2.75) is 52.0 Å². The zero-order valence-corrected chi connectivity index (χ0v) is 10.4. The fraction of sp³-hybridized carbons (Fsp3) is 0.923. The lowest BCUT2D eigenvalue weighted by molar-refractivity contribution is -0.139. The lowest BCUT2D eigenvalue weighted by Crippen LogP contribution is -2.43. The molecule has 2 fully saturated rings. The van der Waals surface area contributed by atoms with Crippen LogP contribution in [-0.2, 0) is 4.79 Å². The van der Waals surface area contributed by atoms with Crippen molar-refractivity contribution in [3.8, 4) is 0 Å². The number of rotatable bonds is 2. The Labute approximate surface area is 97.8 Å². The van der Waals surface area contributed by atoms with Gasteiger partial charge in [-0.3, -0.25) is 4.79 Å². The number of aliphatic hydroxyl groups excluding tert-OH is 1. The van der Waals surface area contributed by atoms with Crippen LogP contribution < -0.4 is 0 Å². The van der Waals surface area contributed by atoms with Crippen LogP contribution in [0.3, 0.4) is 0 Å². The van der Waals surface area contributed by atoms with E-state index in [1.165, 1.54) is 6.42 Å². The van der Waals surface area contributed by atoms with Gasteiger partial charge >= 0.3 is 0 Å². The van der Waals surface area contributed by atoms with Crippen molar-refractivity contribution in [1.82, 2.24) is 4.90 Å². The standard InChI is InChI=1S/C13H23NO2/c1-13(2)7-3-6-11(13)12(16)14-8-4-5-10(14)9-15/h10-11,15H,3-9H2,1-2H3/t10-,11?/m1/s1. The fourth-order valence-corrected chi connectivity index (χ4v) is 3.30. The van der Waals surface area contributed by atoms with E-state index in [0.717, 1.165) is 32.2 Å². The van der Waals surface area contributed by atoms with Gasteiger partial charge in [0.15, 0.2) is 0 Å². The van der Waals surface area contributed by atoms with Crippen LogP contribution >= 0.6 is 0 Å². The number of amides is 1. The highest BCUT2D eigenvalue weighted by atomic mass is 16.3. The first-order valence-electron chi connectivity index (χ1n) is 6.47. The van der Waals surface area contributed by atoms with Crippen LogP contribution in [0.2, 0.25) is 0 Å². The van der Waals surface area contributed by atoms with Gasteiger partial charge in [0.05, 0.1) is 12.6 Å². The Balaban J connectivity index is 2.07. The van der Waals surface area contributed by atoms with Gasteiger partial charge in [0.1, 0.15) is 0 Å². The summed E-state index contributed by atoms with van der Waals surface area (Å²) < 4.78 is 0. The predicted octanol–water partition coefficient (Wildman–Crippen LogP) is 1.80. The Kier molecular flexibility index (Phi) is 3.24. The Bertz CT molecular complexity index is 275. The van der Waals surface area contributed by atoms with Gasteiger partial charge in [-0.2, -0.15) is 0 Å². The smallest absolute Gasteiger partial charge is 0.226 e. The van der Waals surface area contributed by atoms with Crippen LogP contribution in [0.5, 0.6) is 0 Å². The fourth-order valence-electron chi connectivity index (χ4n) is 3.30. The number of hydrogen-bond donors (Lipinski definition) is 1. The van der Waals surface area contributed by atoms with Crippen LogP contribution in [0.4, 0.5) is 0 Å². The van der Waals surface area contributed by atoms with Crippen molar-refractivity contribution in [2.24, 2.45) is 11.3 Å². The molecule has 0 spiro atoms. The van der Waals surface area contributed by atoms with Crippen molar-refractivity contribution in [1.29, 1.82) is 0 Å². The Morgan fingerprint density at radius 1 is 1.38 bits per heavy atom. The van der Waals surface area contributed by atoms with Crippen molar-refractivity contribution >= 4 is 5.91 Å². The number of carbonyl (C=O) groups excluding carboxylic acids is 1. The maximum Gasteiger partial charge on any atom is 0.226 e. The molecule has 1 N–H and O–H groups in total. The quantitative estimate of drug-likeness (QED) is 0.778. The first kappa shape index (κ1) is 11.9. The highest BCUT2D eigenvalue weighted by molar-refractivity contribution is 5.80. The minimum atomic E-state index is 0.0869. The third kappa shape index (κ3) is 1.97. The number of likely N-dealkylation sites (tertiary alicyclic amines) is 1. The molecule has 3 heteroatoms. The summed E-state index contributed by atoms with van der Waals surface area (Å²) in [7, 11) is 0. The van der Waals surface area contributed by atoms with Crippen LogP contribution in [0.1, 0.15) is 46.0 Å². The molecule has 0 aromatic carbocycles. The van der Waals surface area contributed by atoms with E-state index in [1.807, 2.05) is 4.90 Å². The van der Waals surface area contributed by atoms with E-state index in [1.54, 1.807) is 0 Å². The van der Waals surface area contributed by atoms with Gasteiger partial charge in [-0.15, -0.1) is 0 Å². The zero-order chi connectivity index (χ0) is 11.8. The van der Waals surface area contributed by atoms with Gasteiger partial charge in [-0.05, 0) is 31.1 Å². The highest BCUT2D eigenvalue weighted by Gasteiger charge is 2.43. The SMILES string of the molecule is CC1(C)CCCC1C(=O)N1CCC[C@@H]1CO. The normalized spacial score (nSPS) is 33.3. The topological polar surface area (TPSA) is 40.5 Å². The third-order valence-electron chi connectivity index (χ3n) is 4.43. The molecule has 1 saturated carbocycles. The number of aliphatic hydroxyl groups is 1. The average molecular weight is 225 g/mol. The lowest BCUT2D eigenvalue weighted by atomic mass is 9.81. The molecule has 1 saturated heterocycles. The Hall–Kier alpha value is -0.570. The molecule has 1 heterocycles. The van der Waals surface area contributed by atoms with E-state index in [9.17, 15) is 9.90 Å². The summed E-state index contributed by atoms with van der Waals surface area (Å²) in [5, 5.41) is 9.26. The molecule has 2 rings (SSSR count). The largest absolute Gasteiger partial charge is 0.394 e. The second-order valence-corrected chi connectivity index (χ2v) is 5.94. The average Bonchev–Trinajstić information content (AvgIpc) is 2.82. The van der Waals surface area contributed by atoms with Gasteiger partial charge in [0.25, 0.3) is 0 Å². The number of carbonyl (C=O) groups is 1. The maximum absolute atomic E-state index is 12.4. The van der Waals surface area contributed by atoms with Crippen LogP contribution in [0.25, 0.3) is 0 Å².